The summed E-state index contributed by atoms with van der Waals surface area (Å²) < 4.78 is 0. The van der Waals surface area contributed by atoms with E-state index in [1.54, 1.807) is 0 Å². The molecular formula is C17H29ClN2. The molecule has 1 aromatic carbocycles. The molecule has 1 aromatic rings. The van der Waals surface area contributed by atoms with Crippen LogP contribution < -0.4 is 10.2 Å². The molecule has 0 saturated heterocycles. The monoisotopic (exact) mass is 296 g/mol. The van der Waals surface area contributed by atoms with E-state index in [9.17, 15) is 0 Å². The van der Waals surface area contributed by atoms with Gasteiger partial charge in [0.1, 0.15) is 0 Å². The van der Waals surface area contributed by atoms with E-state index in [0.717, 1.165) is 24.5 Å². The molecule has 0 bridgehead atoms. The summed E-state index contributed by atoms with van der Waals surface area (Å²) in [4.78, 5) is 2.34. The van der Waals surface area contributed by atoms with E-state index in [1.807, 2.05) is 12.1 Å². The standard InChI is InChI=1S/C17H29ClN2/c1-7-11-19-12-14-15(18)9-8-10-16(14)20(6)13(2)17(3,4)5/h8-10,13,19H,7,11-12H2,1-6H3. The molecule has 0 aliphatic rings. The SMILES string of the molecule is CCCNCc1c(Cl)cccc1N(C)C(C)C(C)(C)C. The Labute approximate surface area is 129 Å². The molecule has 1 rings (SSSR count). The lowest BCUT2D eigenvalue weighted by Crippen LogP contribution is -2.40. The van der Waals surface area contributed by atoms with Crippen LogP contribution in [0, 0.1) is 5.41 Å². The van der Waals surface area contributed by atoms with Crippen LogP contribution in [0.1, 0.15) is 46.6 Å². The van der Waals surface area contributed by atoms with E-state index >= 15 is 0 Å². The minimum absolute atomic E-state index is 0.227. The summed E-state index contributed by atoms with van der Waals surface area (Å²) in [5, 5.41) is 4.30. The minimum Gasteiger partial charge on any atom is -0.371 e. The highest BCUT2D eigenvalue weighted by atomic mass is 35.5. The molecule has 1 unspecified atom stereocenters. The van der Waals surface area contributed by atoms with Gasteiger partial charge in [-0.1, -0.05) is 45.4 Å². The van der Waals surface area contributed by atoms with Crippen LogP contribution >= 0.6 is 11.6 Å². The smallest absolute Gasteiger partial charge is 0.0471 e. The molecule has 2 nitrogen and oxygen atoms in total. The second kappa shape index (κ2) is 7.33. The van der Waals surface area contributed by atoms with Crippen molar-refractivity contribution >= 4 is 17.3 Å². The molecule has 0 spiro atoms. The second-order valence-electron chi connectivity index (χ2n) is 6.57. The van der Waals surface area contributed by atoms with E-state index in [-0.39, 0.29) is 5.41 Å². The summed E-state index contributed by atoms with van der Waals surface area (Å²) in [6.45, 7) is 13.1. The van der Waals surface area contributed by atoms with Crippen molar-refractivity contribution in [1.82, 2.24) is 5.32 Å². The molecule has 1 N–H and O–H groups in total. The fourth-order valence-corrected chi connectivity index (χ4v) is 2.47. The topological polar surface area (TPSA) is 15.3 Å². The van der Waals surface area contributed by atoms with E-state index in [1.165, 1.54) is 11.3 Å². The number of rotatable bonds is 6. The van der Waals surface area contributed by atoms with Gasteiger partial charge in [0.05, 0.1) is 0 Å². The van der Waals surface area contributed by atoms with Crippen molar-refractivity contribution in [2.75, 3.05) is 18.5 Å². The molecular weight excluding hydrogens is 268 g/mol. The first-order chi connectivity index (χ1) is 9.29. The lowest BCUT2D eigenvalue weighted by molar-refractivity contribution is 0.329. The first-order valence-corrected chi connectivity index (χ1v) is 7.87. The van der Waals surface area contributed by atoms with E-state index in [2.05, 4.69) is 57.9 Å². The minimum atomic E-state index is 0.227. The van der Waals surface area contributed by atoms with Crippen molar-refractivity contribution in [1.29, 1.82) is 0 Å². The van der Waals surface area contributed by atoms with Gasteiger partial charge >= 0.3 is 0 Å². The summed E-state index contributed by atoms with van der Waals surface area (Å²) in [6.07, 6.45) is 1.13. The van der Waals surface area contributed by atoms with Crippen LogP contribution in [0.2, 0.25) is 5.02 Å². The molecule has 0 aliphatic carbocycles. The second-order valence-corrected chi connectivity index (χ2v) is 6.97. The third kappa shape index (κ3) is 4.39. The van der Waals surface area contributed by atoms with Crippen LogP contribution in [-0.2, 0) is 6.54 Å². The van der Waals surface area contributed by atoms with Gasteiger partial charge in [0.25, 0.3) is 0 Å². The number of nitrogens with one attached hydrogen (secondary N) is 1. The third-order valence-corrected chi connectivity index (χ3v) is 4.39. The molecule has 114 valence electrons. The number of halogens is 1. The Morgan fingerprint density at radius 3 is 2.50 bits per heavy atom. The van der Waals surface area contributed by atoms with Crippen molar-refractivity contribution in [2.45, 2.75) is 53.6 Å². The van der Waals surface area contributed by atoms with E-state index in [0.29, 0.717) is 6.04 Å². The van der Waals surface area contributed by atoms with Crippen LogP contribution in [0.25, 0.3) is 0 Å². The average molecular weight is 297 g/mol. The van der Waals surface area contributed by atoms with E-state index in [4.69, 9.17) is 11.6 Å². The van der Waals surface area contributed by atoms with Crippen molar-refractivity contribution in [2.24, 2.45) is 5.41 Å². The Morgan fingerprint density at radius 1 is 1.30 bits per heavy atom. The molecule has 3 heteroatoms. The van der Waals surface area contributed by atoms with Crippen molar-refractivity contribution in [3.05, 3.63) is 28.8 Å². The number of hydrogen-bond acceptors (Lipinski definition) is 2. The lowest BCUT2D eigenvalue weighted by Gasteiger charge is -2.38. The average Bonchev–Trinajstić information content (AvgIpc) is 2.38. The number of anilines is 1. The normalized spacial score (nSPS) is 13.3. The fraction of sp³-hybridized carbons (Fsp3) is 0.647. The van der Waals surface area contributed by atoms with Crippen LogP contribution in [0.15, 0.2) is 18.2 Å². The van der Waals surface area contributed by atoms with Gasteiger partial charge in [-0.05, 0) is 37.4 Å². The van der Waals surface area contributed by atoms with Gasteiger partial charge in [0.2, 0.25) is 0 Å². The summed E-state index contributed by atoms with van der Waals surface area (Å²) in [5.74, 6) is 0. The molecule has 1 atom stereocenters. The highest BCUT2D eigenvalue weighted by molar-refractivity contribution is 6.31. The summed E-state index contributed by atoms with van der Waals surface area (Å²) >= 11 is 6.40. The Kier molecular flexibility index (Phi) is 6.35. The zero-order valence-electron chi connectivity index (χ0n) is 13.8. The van der Waals surface area contributed by atoms with Gasteiger partial charge in [-0.25, -0.2) is 0 Å². The van der Waals surface area contributed by atoms with Gasteiger partial charge < -0.3 is 10.2 Å². The van der Waals surface area contributed by atoms with Gasteiger partial charge in [0, 0.05) is 35.9 Å². The number of hydrogen-bond donors (Lipinski definition) is 1. The van der Waals surface area contributed by atoms with Gasteiger partial charge in [-0.3, -0.25) is 0 Å². The summed E-state index contributed by atoms with van der Waals surface area (Å²) in [5.41, 5.74) is 2.65. The number of nitrogens with zero attached hydrogens (tertiary/aromatic N) is 1. The van der Waals surface area contributed by atoms with Crippen molar-refractivity contribution < 1.29 is 0 Å². The first kappa shape index (κ1) is 17.3. The molecule has 20 heavy (non-hydrogen) atoms. The highest BCUT2D eigenvalue weighted by Gasteiger charge is 2.25. The van der Waals surface area contributed by atoms with Crippen molar-refractivity contribution in [3.8, 4) is 0 Å². The maximum Gasteiger partial charge on any atom is 0.0471 e. The Bertz CT molecular complexity index is 423. The van der Waals surface area contributed by atoms with Crippen LogP contribution in [0.5, 0.6) is 0 Å². The van der Waals surface area contributed by atoms with Crippen molar-refractivity contribution in [3.63, 3.8) is 0 Å². The quantitative estimate of drug-likeness (QED) is 0.765. The zero-order chi connectivity index (χ0) is 15.3. The lowest BCUT2D eigenvalue weighted by atomic mass is 9.86. The van der Waals surface area contributed by atoms with Gasteiger partial charge in [-0.15, -0.1) is 0 Å². The third-order valence-electron chi connectivity index (χ3n) is 4.04. The molecule has 0 heterocycles. The van der Waals surface area contributed by atoms with Gasteiger partial charge in [-0.2, -0.15) is 0 Å². The molecule has 0 radical (unpaired) electrons. The predicted octanol–water partition coefficient (Wildman–Crippen LogP) is 4.71. The number of benzene rings is 1. The van der Waals surface area contributed by atoms with Crippen LogP contribution in [0.3, 0.4) is 0 Å². The Balaban J connectivity index is 3.01. The maximum absolute atomic E-state index is 6.40. The zero-order valence-corrected chi connectivity index (χ0v) is 14.5. The molecule has 0 fully saturated rings. The van der Waals surface area contributed by atoms with Gasteiger partial charge in [0.15, 0.2) is 0 Å². The Hall–Kier alpha value is -0.730. The summed E-state index contributed by atoms with van der Waals surface area (Å²) in [6, 6.07) is 6.61. The molecule has 0 amide bonds. The molecule has 0 aliphatic heterocycles. The molecule has 0 saturated carbocycles. The fourth-order valence-electron chi connectivity index (χ4n) is 2.23. The Morgan fingerprint density at radius 2 is 1.95 bits per heavy atom. The highest BCUT2D eigenvalue weighted by Crippen LogP contribution is 2.32. The summed E-state index contributed by atoms with van der Waals surface area (Å²) in [7, 11) is 2.16. The van der Waals surface area contributed by atoms with Crippen LogP contribution in [-0.4, -0.2) is 19.6 Å². The predicted molar refractivity (Wildman–Crippen MR) is 90.8 cm³/mol. The van der Waals surface area contributed by atoms with E-state index < -0.39 is 0 Å². The molecule has 0 aromatic heterocycles. The van der Waals surface area contributed by atoms with Crippen LogP contribution in [0.4, 0.5) is 5.69 Å². The maximum atomic E-state index is 6.40. The largest absolute Gasteiger partial charge is 0.371 e. The first-order valence-electron chi connectivity index (χ1n) is 7.50.